The monoisotopic (exact) mass is 254 g/mol. The van der Waals surface area contributed by atoms with Crippen LogP contribution in [0.3, 0.4) is 0 Å². The highest BCUT2D eigenvalue weighted by Gasteiger charge is 2.37. The molecule has 8 heteroatoms. The van der Waals surface area contributed by atoms with E-state index in [0.717, 1.165) is 4.90 Å². The smallest absolute Gasteiger partial charge is 0.422 e. The van der Waals surface area contributed by atoms with Crippen LogP contribution in [0.1, 0.15) is 12.8 Å². The minimum Gasteiger partial charge on any atom is -0.440 e. The maximum atomic E-state index is 11.8. The largest absolute Gasteiger partial charge is 0.440 e. The molecule has 1 N–H and O–H groups in total. The van der Waals surface area contributed by atoms with Crippen molar-refractivity contribution in [2.45, 2.75) is 25.1 Å². The third kappa shape index (κ3) is 3.79. The Kier molecular flexibility index (Phi) is 4.19. The minimum atomic E-state index is -4.56. The number of ether oxygens (including phenoxy) is 1. The van der Waals surface area contributed by atoms with Crippen LogP contribution in [-0.4, -0.2) is 49.3 Å². The van der Waals surface area contributed by atoms with E-state index in [4.69, 9.17) is 0 Å². The average molecular weight is 254 g/mol. The molecule has 17 heavy (non-hydrogen) atoms. The molecule has 0 saturated carbocycles. The zero-order valence-corrected chi connectivity index (χ0v) is 9.21. The number of nitrogens with one attached hydrogen (secondary N) is 1. The van der Waals surface area contributed by atoms with Crippen LogP contribution in [0.5, 0.6) is 0 Å². The number of likely N-dealkylation sites (N-methyl/N-ethyl adjacent to an activating group) is 1. The summed E-state index contributed by atoms with van der Waals surface area (Å²) in [5.74, 6) is -0.397. The van der Waals surface area contributed by atoms with Crippen LogP contribution in [0.4, 0.5) is 18.0 Å². The molecule has 1 aliphatic rings. The molecule has 0 bridgehead atoms. The standard InChI is InChI=1S/C9H13F3N2O3/c1-13-7(15)6-3-2-4-14(6)8(16)17-5-9(10,11)12/h6H,2-5H2,1H3,(H,13,15). The molecule has 1 heterocycles. The highest BCUT2D eigenvalue weighted by molar-refractivity contribution is 5.85. The van der Waals surface area contributed by atoms with Crippen LogP contribution >= 0.6 is 0 Å². The van der Waals surface area contributed by atoms with Gasteiger partial charge in [0.05, 0.1) is 0 Å². The van der Waals surface area contributed by atoms with Gasteiger partial charge in [-0.1, -0.05) is 0 Å². The maximum Gasteiger partial charge on any atom is 0.422 e. The second kappa shape index (κ2) is 5.24. The van der Waals surface area contributed by atoms with Crippen LogP contribution < -0.4 is 5.32 Å². The molecule has 0 aromatic rings. The number of hydrogen-bond acceptors (Lipinski definition) is 3. The topological polar surface area (TPSA) is 58.6 Å². The molecule has 1 unspecified atom stereocenters. The van der Waals surface area contributed by atoms with E-state index in [1.807, 2.05) is 0 Å². The molecule has 0 spiro atoms. The Labute approximate surface area is 95.9 Å². The van der Waals surface area contributed by atoms with Gasteiger partial charge in [0.15, 0.2) is 6.61 Å². The molecule has 0 aromatic heterocycles. The first kappa shape index (κ1) is 13.6. The molecule has 5 nitrogen and oxygen atoms in total. The number of rotatable bonds is 2. The number of amides is 2. The maximum absolute atomic E-state index is 11.8. The Morgan fingerprint density at radius 1 is 1.47 bits per heavy atom. The predicted octanol–water partition coefficient (Wildman–Crippen LogP) is 0.896. The van der Waals surface area contributed by atoms with Crippen molar-refractivity contribution in [2.24, 2.45) is 0 Å². The first-order chi connectivity index (χ1) is 7.85. The summed E-state index contributed by atoms with van der Waals surface area (Å²) in [6.45, 7) is -1.41. The van der Waals surface area contributed by atoms with Crippen molar-refractivity contribution in [3.05, 3.63) is 0 Å². The van der Waals surface area contributed by atoms with Crippen molar-refractivity contribution in [3.63, 3.8) is 0 Å². The number of halogens is 3. The lowest BCUT2D eigenvalue weighted by molar-refractivity contribution is -0.162. The van der Waals surface area contributed by atoms with E-state index in [1.165, 1.54) is 7.05 Å². The highest BCUT2D eigenvalue weighted by atomic mass is 19.4. The summed E-state index contributed by atoms with van der Waals surface area (Å²) in [4.78, 5) is 23.7. The van der Waals surface area contributed by atoms with Crippen LogP contribution in [0.2, 0.25) is 0 Å². The van der Waals surface area contributed by atoms with Crippen molar-refractivity contribution in [1.29, 1.82) is 0 Å². The zero-order valence-electron chi connectivity index (χ0n) is 9.21. The van der Waals surface area contributed by atoms with Crippen LogP contribution in [-0.2, 0) is 9.53 Å². The molecule has 1 fully saturated rings. The molecule has 1 atom stereocenters. The quantitative estimate of drug-likeness (QED) is 0.796. The zero-order chi connectivity index (χ0) is 13.1. The fourth-order valence-electron chi connectivity index (χ4n) is 1.65. The number of alkyl halides is 3. The van der Waals surface area contributed by atoms with Gasteiger partial charge in [-0.3, -0.25) is 9.69 Å². The number of carbonyl (C=O) groups excluding carboxylic acids is 2. The lowest BCUT2D eigenvalue weighted by atomic mass is 10.2. The SMILES string of the molecule is CNC(=O)C1CCCN1C(=O)OCC(F)(F)F. The molecule has 0 aliphatic carbocycles. The van der Waals surface area contributed by atoms with E-state index in [0.29, 0.717) is 12.8 Å². The van der Waals surface area contributed by atoms with E-state index >= 15 is 0 Å². The van der Waals surface area contributed by atoms with Crippen molar-refractivity contribution >= 4 is 12.0 Å². The summed E-state index contributed by atoms with van der Waals surface area (Å²) in [6, 6.07) is -0.735. The lowest BCUT2D eigenvalue weighted by Crippen LogP contribution is -2.45. The Balaban J connectivity index is 2.53. The van der Waals surface area contributed by atoms with Crippen LogP contribution in [0, 0.1) is 0 Å². The van der Waals surface area contributed by atoms with E-state index in [9.17, 15) is 22.8 Å². The van der Waals surface area contributed by atoms with E-state index < -0.39 is 30.8 Å². The van der Waals surface area contributed by atoms with Gasteiger partial charge in [0.25, 0.3) is 0 Å². The minimum absolute atomic E-state index is 0.231. The molecule has 1 rings (SSSR count). The van der Waals surface area contributed by atoms with Crippen molar-refractivity contribution in [1.82, 2.24) is 10.2 Å². The molecule has 1 aliphatic heterocycles. The van der Waals surface area contributed by atoms with Crippen LogP contribution in [0.15, 0.2) is 0 Å². The second-order valence-corrected chi connectivity index (χ2v) is 3.64. The van der Waals surface area contributed by atoms with E-state index in [1.54, 1.807) is 0 Å². The van der Waals surface area contributed by atoms with Crippen LogP contribution in [0.25, 0.3) is 0 Å². The van der Waals surface area contributed by atoms with Gasteiger partial charge in [0.2, 0.25) is 5.91 Å². The van der Waals surface area contributed by atoms with Crippen molar-refractivity contribution in [2.75, 3.05) is 20.2 Å². The van der Waals surface area contributed by atoms with Crippen molar-refractivity contribution < 1.29 is 27.5 Å². The molecule has 98 valence electrons. The fraction of sp³-hybridized carbons (Fsp3) is 0.778. The van der Waals surface area contributed by atoms with Gasteiger partial charge in [0.1, 0.15) is 6.04 Å². The summed E-state index contributed by atoms with van der Waals surface area (Å²) in [7, 11) is 1.40. The van der Waals surface area contributed by atoms with Gasteiger partial charge in [-0.25, -0.2) is 4.79 Å². The van der Waals surface area contributed by atoms with E-state index in [2.05, 4.69) is 10.1 Å². The van der Waals surface area contributed by atoms with Gasteiger partial charge in [0, 0.05) is 13.6 Å². The lowest BCUT2D eigenvalue weighted by Gasteiger charge is -2.22. The first-order valence-electron chi connectivity index (χ1n) is 5.07. The molecular weight excluding hydrogens is 241 g/mol. The van der Waals surface area contributed by atoms with Gasteiger partial charge >= 0.3 is 12.3 Å². The molecule has 0 radical (unpaired) electrons. The van der Waals surface area contributed by atoms with Gasteiger partial charge in [-0.2, -0.15) is 13.2 Å². The van der Waals surface area contributed by atoms with Gasteiger partial charge in [-0.15, -0.1) is 0 Å². The first-order valence-corrected chi connectivity index (χ1v) is 5.07. The number of likely N-dealkylation sites (tertiary alicyclic amines) is 1. The fourth-order valence-corrected chi connectivity index (χ4v) is 1.65. The Hall–Kier alpha value is -1.47. The summed E-state index contributed by atoms with van der Waals surface area (Å²) >= 11 is 0. The summed E-state index contributed by atoms with van der Waals surface area (Å²) in [6.07, 6.45) is -4.66. The van der Waals surface area contributed by atoms with Gasteiger partial charge in [-0.05, 0) is 12.8 Å². The highest BCUT2D eigenvalue weighted by Crippen LogP contribution is 2.20. The average Bonchev–Trinajstić information content (AvgIpc) is 2.72. The Morgan fingerprint density at radius 3 is 2.65 bits per heavy atom. The number of carbonyl (C=O) groups is 2. The summed E-state index contributed by atoms with van der Waals surface area (Å²) < 4.78 is 39.6. The third-order valence-electron chi connectivity index (χ3n) is 2.40. The molecule has 2 amide bonds. The predicted molar refractivity (Wildman–Crippen MR) is 51.2 cm³/mol. The number of nitrogens with zero attached hydrogens (tertiary/aromatic N) is 1. The normalized spacial score (nSPS) is 20.2. The Morgan fingerprint density at radius 2 is 2.12 bits per heavy atom. The third-order valence-corrected chi connectivity index (χ3v) is 2.40. The second-order valence-electron chi connectivity index (χ2n) is 3.64. The summed E-state index contributed by atoms with van der Waals surface area (Å²) in [5, 5.41) is 2.35. The molecular formula is C9H13F3N2O3. The number of hydrogen-bond donors (Lipinski definition) is 1. The molecule has 1 saturated heterocycles. The van der Waals surface area contributed by atoms with Gasteiger partial charge < -0.3 is 10.1 Å². The van der Waals surface area contributed by atoms with E-state index in [-0.39, 0.29) is 6.54 Å². The summed E-state index contributed by atoms with van der Waals surface area (Å²) in [5.41, 5.74) is 0. The molecule has 0 aromatic carbocycles. The van der Waals surface area contributed by atoms with Crippen molar-refractivity contribution in [3.8, 4) is 0 Å². The Bertz CT molecular complexity index is 306.